The number of hydrogen-bond donors (Lipinski definition) is 1. The second kappa shape index (κ2) is 6.09. The molecule has 114 valence electrons. The number of aromatic nitrogens is 2. The van der Waals surface area contributed by atoms with Crippen LogP contribution in [0.1, 0.15) is 28.0 Å². The average molecular weight is 301 g/mol. The van der Waals surface area contributed by atoms with Crippen LogP contribution in [-0.4, -0.2) is 22.2 Å². The molecule has 0 saturated heterocycles. The van der Waals surface area contributed by atoms with Crippen LogP contribution >= 0.6 is 0 Å². The van der Waals surface area contributed by atoms with Crippen LogP contribution in [0, 0.1) is 5.82 Å². The van der Waals surface area contributed by atoms with Gasteiger partial charge in [-0.25, -0.2) is 9.07 Å². The topological polar surface area (TPSA) is 64.0 Å². The summed E-state index contributed by atoms with van der Waals surface area (Å²) >= 11 is 0. The van der Waals surface area contributed by atoms with Crippen molar-refractivity contribution in [1.82, 2.24) is 15.1 Å². The zero-order valence-corrected chi connectivity index (χ0v) is 12.0. The fourth-order valence-corrected chi connectivity index (χ4v) is 2.58. The lowest BCUT2D eigenvalue weighted by atomic mass is 10.2. The van der Waals surface area contributed by atoms with Gasteiger partial charge in [0.2, 0.25) is 0 Å². The van der Waals surface area contributed by atoms with Gasteiger partial charge in [-0.15, -0.1) is 0 Å². The average Bonchev–Trinajstić information content (AvgIpc) is 2.95. The smallest absolute Gasteiger partial charge is 0.267 e. The maximum Gasteiger partial charge on any atom is 0.267 e. The van der Waals surface area contributed by atoms with E-state index < -0.39 is 0 Å². The SMILES string of the molecule is O=C(NCCn1nc2c(cc1=O)CCC2)c1ccc(F)cc1. The quantitative estimate of drug-likeness (QED) is 0.926. The van der Waals surface area contributed by atoms with Gasteiger partial charge in [0, 0.05) is 18.2 Å². The molecule has 0 radical (unpaired) electrons. The van der Waals surface area contributed by atoms with Crippen molar-refractivity contribution in [2.75, 3.05) is 6.54 Å². The molecule has 0 spiro atoms. The monoisotopic (exact) mass is 301 g/mol. The highest BCUT2D eigenvalue weighted by Crippen LogP contribution is 2.16. The molecule has 0 fully saturated rings. The first-order chi connectivity index (χ1) is 10.6. The summed E-state index contributed by atoms with van der Waals surface area (Å²) in [6, 6.07) is 6.95. The van der Waals surface area contributed by atoms with Crippen LogP contribution in [0.2, 0.25) is 0 Å². The molecule has 1 heterocycles. The molecule has 1 amide bonds. The Morgan fingerprint density at radius 3 is 2.82 bits per heavy atom. The Labute approximate surface area is 126 Å². The second-order valence-electron chi connectivity index (χ2n) is 5.29. The highest BCUT2D eigenvalue weighted by molar-refractivity contribution is 5.94. The molecular weight excluding hydrogens is 285 g/mol. The van der Waals surface area contributed by atoms with Crippen molar-refractivity contribution in [2.45, 2.75) is 25.8 Å². The number of nitrogens with zero attached hydrogens (tertiary/aromatic N) is 2. The van der Waals surface area contributed by atoms with Gasteiger partial charge in [0.1, 0.15) is 5.82 Å². The van der Waals surface area contributed by atoms with E-state index in [4.69, 9.17) is 0 Å². The summed E-state index contributed by atoms with van der Waals surface area (Å²) in [5.41, 5.74) is 2.26. The van der Waals surface area contributed by atoms with Gasteiger partial charge in [-0.3, -0.25) is 9.59 Å². The molecule has 1 N–H and O–H groups in total. The molecule has 5 nitrogen and oxygen atoms in total. The van der Waals surface area contributed by atoms with Gasteiger partial charge in [0.15, 0.2) is 0 Å². The molecule has 0 atom stereocenters. The van der Waals surface area contributed by atoms with Crippen LogP contribution in [0.4, 0.5) is 4.39 Å². The summed E-state index contributed by atoms with van der Waals surface area (Å²) in [6.45, 7) is 0.612. The summed E-state index contributed by atoms with van der Waals surface area (Å²) in [4.78, 5) is 23.8. The first kappa shape index (κ1) is 14.4. The number of amides is 1. The summed E-state index contributed by atoms with van der Waals surface area (Å²) in [5.74, 6) is -0.681. The number of hydrogen-bond acceptors (Lipinski definition) is 3. The van der Waals surface area contributed by atoms with Gasteiger partial charge in [-0.05, 0) is 49.1 Å². The minimum Gasteiger partial charge on any atom is -0.350 e. The zero-order chi connectivity index (χ0) is 15.5. The summed E-state index contributed by atoms with van der Waals surface area (Å²) in [5, 5.41) is 7.04. The van der Waals surface area contributed by atoms with Crippen molar-refractivity contribution in [3.8, 4) is 0 Å². The Morgan fingerprint density at radius 2 is 2.05 bits per heavy atom. The van der Waals surface area contributed by atoms with Crippen LogP contribution in [0.5, 0.6) is 0 Å². The third kappa shape index (κ3) is 3.05. The fraction of sp³-hybridized carbons (Fsp3) is 0.312. The van der Waals surface area contributed by atoms with Gasteiger partial charge in [0.05, 0.1) is 12.2 Å². The number of fused-ring (bicyclic) bond motifs is 1. The van der Waals surface area contributed by atoms with E-state index in [1.807, 2.05) is 0 Å². The highest BCUT2D eigenvalue weighted by Gasteiger charge is 2.14. The van der Waals surface area contributed by atoms with Crippen LogP contribution < -0.4 is 10.9 Å². The normalized spacial score (nSPS) is 13.0. The first-order valence-corrected chi connectivity index (χ1v) is 7.27. The molecule has 0 unspecified atom stereocenters. The van der Waals surface area contributed by atoms with E-state index in [0.29, 0.717) is 18.7 Å². The van der Waals surface area contributed by atoms with Gasteiger partial charge >= 0.3 is 0 Å². The van der Waals surface area contributed by atoms with Crippen LogP contribution in [0.15, 0.2) is 35.1 Å². The molecule has 0 bridgehead atoms. The van der Waals surface area contributed by atoms with Crippen molar-refractivity contribution in [2.24, 2.45) is 0 Å². The second-order valence-corrected chi connectivity index (χ2v) is 5.29. The molecule has 1 aromatic carbocycles. The number of carbonyl (C=O) groups is 1. The van der Waals surface area contributed by atoms with Crippen molar-refractivity contribution in [1.29, 1.82) is 0 Å². The maximum atomic E-state index is 12.8. The van der Waals surface area contributed by atoms with Gasteiger partial charge in [-0.2, -0.15) is 5.10 Å². The molecule has 0 aliphatic heterocycles. The van der Waals surface area contributed by atoms with Crippen LogP contribution in [0.25, 0.3) is 0 Å². The van der Waals surface area contributed by atoms with E-state index in [-0.39, 0.29) is 17.3 Å². The molecule has 2 aromatic rings. The van der Waals surface area contributed by atoms with Gasteiger partial charge in [0.25, 0.3) is 11.5 Å². The largest absolute Gasteiger partial charge is 0.350 e. The van der Waals surface area contributed by atoms with Crippen molar-refractivity contribution in [3.05, 3.63) is 63.3 Å². The van der Waals surface area contributed by atoms with Crippen molar-refractivity contribution < 1.29 is 9.18 Å². The Balaban J connectivity index is 1.60. The number of carbonyl (C=O) groups excluding carboxylic acids is 1. The molecule has 22 heavy (non-hydrogen) atoms. The van der Waals surface area contributed by atoms with E-state index in [2.05, 4.69) is 10.4 Å². The Bertz CT molecular complexity index is 753. The highest BCUT2D eigenvalue weighted by atomic mass is 19.1. The Hall–Kier alpha value is -2.50. The lowest BCUT2D eigenvalue weighted by Gasteiger charge is -2.08. The van der Waals surface area contributed by atoms with Crippen molar-refractivity contribution in [3.63, 3.8) is 0 Å². The molecule has 0 saturated carbocycles. The fourth-order valence-electron chi connectivity index (χ4n) is 2.58. The van der Waals surface area contributed by atoms with Gasteiger partial charge in [-0.1, -0.05) is 0 Å². The molecule has 3 rings (SSSR count). The Morgan fingerprint density at radius 1 is 1.27 bits per heavy atom. The molecular formula is C16H16FN3O2. The lowest BCUT2D eigenvalue weighted by Crippen LogP contribution is -2.32. The summed E-state index contributed by atoms with van der Waals surface area (Å²) in [6.07, 6.45) is 2.85. The van der Waals surface area contributed by atoms with E-state index >= 15 is 0 Å². The third-order valence-corrected chi connectivity index (χ3v) is 3.74. The maximum absolute atomic E-state index is 12.8. The van der Waals surface area contributed by atoms with Crippen LogP contribution in [0.3, 0.4) is 0 Å². The predicted octanol–water partition coefficient (Wildman–Crippen LogP) is 1.30. The lowest BCUT2D eigenvalue weighted by molar-refractivity contribution is 0.0951. The number of halogens is 1. The molecule has 6 heteroatoms. The third-order valence-electron chi connectivity index (χ3n) is 3.74. The minimum absolute atomic E-state index is 0.142. The van der Waals surface area contributed by atoms with E-state index in [9.17, 15) is 14.0 Å². The zero-order valence-electron chi connectivity index (χ0n) is 12.0. The molecule has 1 aliphatic carbocycles. The predicted molar refractivity (Wildman–Crippen MR) is 79.3 cm³/mol. The van der Waals surface area contributed by atoms with Crippen molar-refractivity contribution >= 4 is 5.91 Å². The van der Waals surface area contributed by atoms with E-state index in [1.165, 1.54) is 28.9 Å². The number of aryl methyl sites for hydroxylation is 2. The molecule has 1 aliphatic rings. The standard InChI is InChI=1S/C16H16FN3O2/c17-13-6-4-11(5-7-13)16(22)18-8-9-20-15(21)10-12-2-1-3-14(12)19-20/h4-7,10H,1-3,8-9H2,(H,18,22). The number of benzene rings is 1. The van der Waals surface area contributed by atoms with Gasteiger partial charge < -0.3 is 5.32 Å². The summed E-state index contributed by atoms with van der Waals surface area (Å²) in [7, 11) is 0. The summed E-state index contributed by atoms with van der Waals surface area (Å²) < 4.78 is 14.2. The first-order valence-electron chi connectivity index (χ1n) is 7.27. The molecule has 1 aromatic heterocycles. The number of nitrogens with one attached hydrogen (secondary N) is 1. The Kier molecular flexibility index (Phi) is 4.00. The van der Waals surface area contributed by atoms with Crippen LogP contribution in [-0.2, 0) is 19.4 Å². The van der Waals surface area contributed by atoms with E-state index in [1.54, 1.807) is 6.07 Å². The minimum atomic E-state index is -0.384. The number of rotatable bonds is 4. The van der Waals surface area contributed by atoms with E-state index in [0.717, 1.165) is 30.5 Å².